The molecule has 19 heavy (non-hydrogen) atoms. The van der Waals surface area contributed by atoms with E-state index in [-0.39, 0.29) is 17.7 Å². The van der Waals surface area contributed by atoms with Crippen LogP contribution in [-0.2, 0) is 4.74 Å². The van der Waals surface area contributed by atoms with Gasteiger partial charge in [-0.2, -0.15) is 0 Å². The maximum absolute atomic E-state index is 6.23. The molecule has 0 aromatic heterocycles. The van der Waals surface area contributed by atoms with Crippen molar-refractivity contribution in [2.75, 3.05) is 14.2 Å². The fraction of sp³-hybridized carbons (Fsp3) is 0.600. The SMILES string of the molecule is COc1ccc2c(c1)OC(CC(C)(C)OC)C[C@@H]2N. The largest absolute Gasteiger partial charge is 0.497 e. The van der Waals surface area contributed by atoms with Gasteiger partial charge in [-0.05, 0) is 19.9 Å². The van der Waals surface area contributed by atoms with Crippen molar-refractivity contribution in [2.24, 2.45) is 5.73 Å². The summed E-state index contributed by atoms with van der Waals surface area (Å²) in [6, 6.07) is 5.81. The van der Waals surface area contributed by atoms with Crippen LogP contribution in [0.2, 0.25) is 0 Å². The molecule has 0 bridgehead atoms. The highest BCUT2D eigenvalue weighted by Crippen LogP contribution is 2.38. The van der Waals surface area contributed by atoms with Crippen LogP contribution in [0, 0.1) is 0 Å². The monoisotopic (exact) mass is 265 g/mol. The third-order valence-corrected chi connectivity index (χ3v) is 3.70. The van der Waals surface area contributed by atoms with Crippen LogP contribution in [0.5, 0.6) is 11.5 Å². The summed E-state index contributed by atoms with van der Waals surface area (Å²) >= 11 is 0. The highest BCUT2D eigenvalue weighted by molar-refractivity contribution is 5.43. The van der Waals surface area contributed by atoms with Crippen LogP contribution in [0.25, 0.3) is 0 Å². The van der Waals surface area contributed by atoms with E-state index >= 15 is 0 Å². The van der Waals surface area contributed by atoms with E-state index < -0.39 is 0 Å². The summed E-state index contributed by atoms with van der Waals surface area (Å²) < 4.78 is 16.7. The fourth-order valence-electron chi connectivity index (χ4n) is 2.44. The standard InChI is InChI=1S/C15H23NO3/c1-15(2,18-4)9-11-7-13(16)12-6-5-10(17-3)8-14(12)19-11/h5-6,8,11,13H,7,9,16H2,1-4H3/t11?,13-/m0/s1. The molecule has 4 heteroatoms. The second-order valence-electron chi connectivity index (χ2n) is 5.65. The molecule has 0 saturated heterocycles. The third-order valence-electron chi connectivity index (χ3n) is 3.70. The number of fused-ring (bicyclic) bond motifs is 1. The summed E-state index contributed by atoms with van der Waals surface area (Å²) in [6.45, 7) is 4.12. The summed E-state index contributed by atoms with van der Waals surface area (Å²) in [5.74, 6) is 1.62. The molecular formula is C15H23NO3. The zero-order valence-corrected chi connectivity index (χ0v) is 12.1. The molecule has 2 N–H and O–H groups in total. The Bertz CT molecular complexity index is 445. The summed E-state index contributed by atoms with van der Waals surface area (Å²) in [5.41, 5.74) is 7.07. The van der Waals surface area contributed by atoms with Gasteiger partial charge in [0.05, 0.1) is 12.7 Å². The van der Waals surface area contributed by atoms with Gasteiger partial charge in [-0.25, -0.2) is 0 Å². The van der Waals surface area contributed by atoms with E-state index in [1.54, 1.807) is 14.2 Å². The van der Waals surface area contributed by atoms with Crippen molar-refractivity contribution >= 4 is 0 Å². The van der Waals surface area contributed by atoms with Crippen LogP contribution in [-0.4, -0.2) is 25.9 Å². The molecule has 1 aliphatic rings. The van der Waals surface area contributed by atoms with Gasteiger partial charge in [0.25, 0.3) is 0 Å². The summed E-state index contributed by atoms with van der Waals surface area (Å²) in [4.78, 5) is 0. The third kappa shape index (κ3) is 3.19. The Morgan fingerprint density at radius 1 is 1.37 bits per heavy atom. The zero-order valence-electron chi connectivity index (χ0n) is 12.1. The van der Waals surface area contributed by atoms with Gasteiger partial charge in [-0.15, -0.1) is 0 Å². The molecular weight excluding hydrogens is 242 g/mol. The number of hydrogen-bond acceptors (Lipinski definition) is 4. The number of ether oxygens (including phenoxy) is 3. The lowest BCUT2D eigenvalue weighted by Crippen LogP contribution is -2.36. The van der Waals surface area contributed by atoms with Crippen molar-refractivity contribution in [1.29, 1.82) is 0 Å². The highest BCUT2D eigenvalue weighted by Gasteiger charge is 2.31. The lowest BCUT2D eigenvalue weighted by molar-refractivity contribution is -0.0194. The Morgan fingerprint density at radius 2 is 2.11 bits per heavy atom. The molecule has 2 atom stereocenters. The average Bonchev–Trinajstić information content (AvgIpc) is 2.37. The molecule has 0 radical (unpaired) electrons. The zero-order chi connectivity index (χ0) is 14.0. The Balaban J connectivity index is 2.18. The molecule has 0 amide bonds. The van der Waals surface area contributed by atoms with Gasteiger partial charge < -0.3 is 19.9 Å². The highest BCUT2D eigenvalue weighted by atomic mass is 16.5. The Hall–Kier alpha value is -1.26. The van der Waals surface area contributed by atoms with Crippen molar-refractivity contribution in [3.05, 3.63) is 23.8 Å². The Kier molecular flexibility index (Phi) is 4.02. The predicted molar refractivity (Wildman–Crippen MR) is 74.7 cm³/mol. The van der Waals surface area contributed by atoms with Gasteiger partial charge in [0.2, 0.25) is 0 Å². The molecule has 106 valence electrons. The maximum Gasteiger partial charge on any atom is 0.128 e. The van der Waals surface area contributed by atoms with Crippen molar-refractivity contribution in [3.63, 3.8) is 0 Å². The van der Waals surface area contributed by atoms with Gasteiger partial charge in [0.15, 0.2) is 0 Å². The first-order valence-electron chi connectivity index (χ1n) is 6.60. The molecule has 4 nitrogen and oxygen atoms in total. The van der Waals surface area contributed by atoms with Gasteiger partial charge in [0, 0.05) is 37.6 Å². The molecule has 1 heterocycles. The summed E-state index contributed by atoms with van der Waals surface area (Å²) in [7, 11) is 3.37. The molecule has 1 aromatic rings. The topological polar surface area (TPSA) is 53.7 Å². The van der Waals surface area contributed by atoms with Gasteiger partial charge >= 0.3 is 0 Å². The first kappa shape index (κ1) is 14.2. The molecule has 0 saturated carbocycles. The second-order valence-corrected chi connectivity index (χ2v) is 5.65. The van der Waals surface area contributed by atoms with Crippen LogP contribution in [0.3, 0.4) is 0 Å². The summed E-state index contributed by atoms with van der Waals surface area (Å²) in [6.07, 6.45) is 1.70. The number of benzene rings is 1. The van der Waals surface area contributed by atoms with E-state index in [0.29, 0.717) is 0 Å². The Morgan fingerprint density at radius 3 is 2.74 bits per heavy atom. The van der Waals surface area contributed by atoms with Crippen molar-refractivity contribution in [2.45, 2.75) is 44.4 Å². The smallest absolute Gasteiger partial charge is 0.128 e. The van der Waals surface area contributed by atoms with Crippen molar-refractivity contribution in [1.82, 2.24) is 0 Å². The first-order valence-corrected chi connectivity index (χ1v) is 6.60. The average molecular weight is 265 g/mol. The minimum atomic E-state index is -0.208. The number of methoxy groups -OCH3 is 2. The normalized spacial score (nSPS) is 22.6. The molecule has 2 rings (SSSR count). The first-order chi connectivity index (χ1) is 8.95. The molecule has 0 fully saturated rings. The van der Waals surface area contributed by atoms with Crippen LogP contribution >= 0.6 is 0 Å². The summed E-state index contributed by atoms with van der Waals surface area (Å²) in [5, 5.41) is 0. The molecule has 1 aliphatic heterocycles. The van der Waals surface area contributed by atoms with Crippen LogP contribution in [0.4, 0.5) is 0 Å². The van der Waals surface area contributed by atoms with E-state index in [4.69, 9.17) is 19.9 Å². The van der Waals surface area contributed by atoms with Gasteiger partial charge in [-0.3, -0.25) is 0 Å². The van der Waals surface area contributed by atoms with E-state index in [1.165, 1.54) is 0 Å². The van der Waals surface area contributed by atoms with Crippen LogP contribution in [0.1, 0.15) is 38.3 Å². The predicted octanol–water partition coefficient (Wildman–Crippen LogP) is 2.66. The van der Waals surface area contributed by atoms with Crippen LogP contribution < -0.4 is 15.2 Å². The minimum absolute atomic E-state index is 0.00677. The quantitative estimate of drug-likeness (QED) is 0.909. The Labute approximate surface area is 114 Å². The van der Waals surface area contributed by atoms with Gasteiger partial charge in [-0.1, -0.05) is 6.07 Å². The van der Waals surface area contributed by atoms with Gasteiger partial charge in [0.1, 0.15) is 17.6 Å². The number of hydrogen-bond donors (Lipinski definition) is 1. The molecule has 1 aromatic carbocycles. The molecule has 1 unspecified atom stereocenters. The van der Waals surface area contributed by atoms with E-state index in [0.717, 1.165) is 29.9 Å². The molecule has 0 aliphatic carbocycles. The lowest BCUT2D eigenvalue weighted by Gasteiger charge is -2.34. The van der Waals surface area contributed by atoms with E-state index in [9.17, 15) is 0 Å². The number of rotatable bonds is 4. The lowest BCUT2D eigenvalue weighted by atomic mass is 9.91. The molecule has 0 spiro atoms. The second kappa shape index (κ2) is 5.39. The van der Waals surface area contributed by atoms with E-state index in [2.05, 4.69) is 13.8 Å². The van der Waals surface area contributed by atoms with Crippen molar-refractivity contribution in [3.8, 4) is 11.5 Å². The maximum atomic E-state index is 6.23. The van der Waals surface area contributed by atoms with Crippen molar-refractivity contribution < 1.29 is 14.2 Å². The fourth-order valence-corrected chi connectivity index (χ4v) is 2.44. The van der Waals surface area contributed by atoms with Crippen LogP contribution in [0.15, 0.2) is 18.2 Å². The minimum Gasteiger partial charge on any atom is -0.497 e. The van der Waals surface area contributed by atoms with E-state index in [1.807, 2.05) is 18.2 Å². The number of nitrogens with two attached hydrogens (primary N) is 1.